The molecule has 168 valence electrons. The van der Waals surface area contributed by atoms with Crippen molar-refractivity contribution in [1.29, 1.82) is 0 Å². The number of piperazine rings is 1. The van der Waals surface area contributed by atoms with Crippen LogP contribution in [0, 0.1) is 0 Å². The molecule has 1 N–H and O–H groups in total. The fourth-order valence-corrected chi connectivity index (χ4v) is 4.78. The van der Waals surface area contributed by atoms with Crippen LogP contribution in [-0.4, -0.2) is 61.0 Å². The smallest absolute Gasteiger partial charge is 0.230 e. The number of benzene rings is 2. The molecule has 1 fully saturated rings. The number of amides is 1. The van der Waals surface area contributed by atoms with Crippen molar-refractivity contribution in [2.75, 3.05) is 45.7 Å². The lowest BCUT2D eigenvalue weighted by atomic mass is 10.1. The van der Waals surface area contributed by atoms with Crippen LogP contribution in [0.3, 0.4) is 0 Å². The van der Waals surface area contributed by atoms with Crippen LogP contribution in [0.25, 0.3) is 10.6 Å². The topological polar surface area (TPSA) is 57.7 Å². The predicted molar refractivity (Wildman–Crippen MR) is 131 cm³/mol. The minimum Gasteiger partial charge on any atom is -0.495 e. The standard InChI is InChI=1S/C24H27ClN4O2S/c1-28-8-10-29(11-9-28)15-17-4-3-5-18(12-17)24-27-20(16-32-24)14-23(30)26-19-6-7-22(31-2)21(25)13-19/h3-7,12-13,16H,8-11,14-15H2,1-2H3,(H,26,30). The van der Waals surface area contributed by atoms with Crippen molar-refractivity contribution in [3.05, 3.63) is 64.1 Å². The van der Waals surface area contributed by atoms with Gasteiger partial charge in [0.15, 0.2) is 0 Å². The molecule has 2 aromatic carbocycles. The number of carbonyl (C=O) groups excluding carboxylic acids is 1. The maximum absolute atomic E-state index is 12.5. The number of methoxy groups -OCH3 is 1. The van der Waals surface area contributed by atoms with E-state index in [1.807, 2.05) is 5.38 Å². The fraction of sp³-hybridized carbons (Fsp3) is 0.333. The third-order valence-electron chi connectivity index (χ3n) is 5.50. The van der Waals surface area contributed by atoms with E-state index in [-0.39, 0.29) is 12.3 Å². The normalized spacial score (nSPS) is 15.0. The zero-order valence-corrected chi connectivity index (χ0v) is 19.9. The van der Waals surface area contributed by atoms with Crippen LogP contribution in [0.5, 0.6) is 5.75 Å². The lowest BCUT2D eigenvalue weighted by Crippen LogP contribution is -2.43. The van der Waals surface area contributed by atoms with Gasteiger partial charge in [-0.25, -0.2) is 4.98 Å². The summed E-state index contributed by atoms with van der Waals surface area (Å²) >= 11 is 7.70. The summed E-state index contributed by atoms with van der Waals surface area (Å²) in [5.74, 6) is 0.440. The summed E-state index contributed by atoms with van der Waals surface area (Å²) in [6.07, 6.45) is 0.209. The van der Waals surface area contributed by atoms with Crippen LogP contribution >= 0.6 is 22.9 Å². The van der Waals surface area contributed by atoms with E-state index in [4.69, 9.17) is 21.3 Å². The van der Waals surface area contributed by atoms with E-state index in [1.54, 1.807) is 36.6 Å². The van der Waals surface area contributed by atoms with Crippen molar-refractivity contribution in [2.24, 2.45) is 0 Å². The molecule has 2 heterocycles. The van der Waals surface area contributed by atoms with Crippen molar-refractivity contribution in [2.45, 2.75) is 13.0 Å². The molecule has 1 saturated heterocycles. The molecule has 0 saturated carbocycles. The van der Waals surface area contributed by atoms with Crippen LogP contribution < -0.4 is 10.1 Å². The van der Waals surface area contributed by atoms with Gasteiger partial charge in [-0.15, -0.1) is 11.3 Å². The highest BCUT2D eigenvalue weighted by Crippen LogP contribution is 2.28. The Bertz CT molecular complexity index is 1080. The van der Waals surface area contributed by atoms with Gasteiger partial charge in [-0.1, -0.05) is 29.8 Å². The van der Waals surface area contributed by atoms with Crippen LogP contribution in [0.4, 0.5) is 5.69 Å². The number of likely N-dealkylation sites (N-methyl/N-ethyl adjacent to an activating group) is 1. The number of nitrogens with zero attached hydrogens (tertiary/aromatic N) is 3. The maximum Gasteiger partial charge on any atom is 0.230 e. The number of thiazole rings is 1. The number of halogens is 1. The van der Waals surface area contributed by atoms with Crippen molar-refractivity contribution in [3.8, 4) is 16.3 Å². The summed E-state index contributed by atoms with van der Waals surface area (Å²) in [4.78, 5) is 22.0. The quantitative estimate of drug-likeness (QED) is 0.554. The monoisotopic (exact) mass is 470 g/mol. The maximum atomic E-state index is 12.5. The van der Waals surface area contributed by atoms with Crippen LogP contribution in [0.2, 0.25) is 5.02 Å². The van der Waals surface area contributed by atoms with E-state index in [1.165, 1.54) is 5.56 Å². The van der Waals surface area contributed by atoms with Crippen molar-refractivity contribution in [3.63, 3.8) is 0 Å². The van der Waals surface area contributed by atoms with E-state index in [9.17, 15) is 4.79 Å². The molecule has 1 aliphatic heterocycles. The Balaban J connectivity index is 1.37. The molecule has 8 heteroatoms. The second-order valence-electron chi connectivity index (χ2n) is 8.00. The van der Waals surface area contributed by atoms with E-state index >= 15 is 0 Å². The van der Waals surface area contributed by atoms with Gasteiger partial charge in [0, 0.05) is 49.4 Å². The molecule has 1 aliphatic rings. The molecule has 0 unspecified atom stereocenters. The number of anilines is 1. The summed E-state index contributed by atoms with van der Waals surface area (Å²) in [7, 11) is 3.73. The lowest BCUT2D eigenvalue weighted by molar-refractivity contribution is -0.115. The number of rotatable bonds is 7. The molecule has 1 amide bonds. The molecule has 0 atom stereocenters. The van der Waals surface area contributed by atoms with Gasteiger partial charge in [0.1, 0.15) is 10.8 Å². The van der Waals surface area contributed by atoms with Crippen LogP contribution in [0.1, 0.15) is 11.3 Å². The Hall–Kier alpha value is -2.45. The second kappa shape index (κ2) is 10.4. The summed E-state index contributed by atoms with van der Waals surface area (Å²) in [6.45, 7) is 5.36. The molecule has 4 rings (SSSR count). The zero-order chi connectivity index (χ0) is 22.5. The third-order valence-corrected chi connectivity index (χ3v) is 6.74. The Morgan fingerprint density at radius 2 is 2.00 bits per heavy atom. The van der Waals surface area contributed by atoms with Gasteiger partial charge in [0.05, 0.1) is 24.2 Å². The van der Waals surface area contributed by atoms with Gasteiger partial charge in [0.2, 0.25) is 5.91 Å². The molecule has 1 aromatic heterocycles. The highest BCUT2D eigenvalue weighted by molar-refractivity contribution is 7.13. The Morgan fingerprint density at radius 3 is 2.75 bits per heavy atom. The first-order chi connectivity index (χ1) is 15.5. The second-order valence-corrected chi connectivity index (χ2v) is 9.26. The largest absolute Gasteiger partial charge is 0.495 e. The van der Waals surface area contributed by atoms with Crippen LogP contribution in [-0.2, 0) is 17.8 Å². The Labute approximate surface area is 197 Å². The van der Waals surface area contributed by atoms with Crippen molar-refractivity contribution < 1.29 is 9.53 Å². The van der Waals surface area contributed by atoms with E-state index < -0.39 is 0 Å². The summed E-state index contributed by atoms with van der Waals surface area (Å²) < 4.78 is 5.14. The minimum absolute atomic E-state index is 0.132. The summed E-state index contributed by atoms with van der Waals surface area (Å²) in [5, 5.41) is 6.20. The molecule has 0 aliphatic carbocycles. The number of aromatic nitrogens is 1. The van der Waals surface area contributed by atoms with Crippen molar-refractivity contribution in [1.82, 2.24) is 14.8 Å². The van der Waals surface area contributed by atoms with Gasteiger partial charge in [-0.3, -0.25) is 9.69 Å². The van der Waals surface area contributed by atoms with Crippen LogP contribution in [0.15, 0.2) is 47.8 Å². The van der Waals surface area contributed by atoms with Gasteiger partial charge in [0.25, 0.3) is 0 Å². The molecular formula is C24H27ClN4O2S. The highest BCUT2D eigenvalue weighted by atomic mass is 35.5. The first-order valence-corrected chi connectivity index (χ1v) is 11.8. The number of nitrogens with one attached hydrogen (secondary N) is 1. The van der Waals surface area contributed by atoms with Gasteiger partial charge < -0.3 is 15.0 Å². The minimum atomic E-state index is -0.132. The first kappa shape index (κ1) is 22.7. The Morgan fingerprint density at radius 1 is 1.19 bits per heavy atom. The summed E-state index contributed by atoms with van der Waals surface area (Å²) in [5.41, 5.74) is 3.77. The van der Waals surface area contributed by atoms with Crippen molar-refractivity contribution >= 4 is 34.5 Å². The predicted octanol–water partition coefficient (Wildman–Crippen LogP) is 4.40. The molecule has 0 radical (unpaired) electrons. The lowest BCUT2D eigenvalue weighted by Gasteiger charge is -2.32. The molecule has 6 nitrogen and oxygen atoms in total. The summed E-state index contributed by atoms with van der Waals surface area (Å²) in [6, 6.07) is 13.7. The molecule has 32 heavy (non-hydrogen) atoms. The van der Waals surface area contributed by atoms with Gasteiger partial charge >= 0.3 is 0 Å². The van der Waals surface area contributed by atoms with Gasteiger partial charge in [-0.05, 0) is 36.9 Å². The average molecular weight is 471 g/mol. The van der Waals surface area contributed by atoms with E-state index in [0.717, 1.165) is 49.0 Å². The zero-order valence-electron chi connectivity index (χ0n) is 18.3. The number of hydrogen-bond donors (Lipinski definition) is 1. The Kier molecular flexibility index (Phi) is 7.42. The molecule has 3 aromatic rings. The van der Waals surface area contributed by atoms with E-state index in [2.05, 4.69) is 46.4 Å². The third kappa shape index (κ3) is 5.86. The number of hydrogen-bond acceptors (Lipinski definition) is 6. The SMILES string of the molecule is COc1ccc(NC(=O)Cc2csc(-c3cccc(CN4CCN(C)CC4)c3)n2)cc1Cl. The van der Waals surface area contributed by atoms with Gasteiger partial charge in [-0.2, -0.15) is 0 Å². The highest BCUT2D eigenvalue weighted by Gasteiger charge is 2.15. The molecule has 0 bridgehead atoms. The molecular weight excluding hydrogens is 444 g/mol. The fourth-order valence-electron chi connectivity index (χ4n) is 3.70. The average Bonchev–Trinajstić information content (AvgIpc) is 3.24. The first-order valence-electron chi connectivity index (χ1n) is 10.6. The number of carbonyl (C=O) groups is 1. The molecule has 0 spiro atoms. The number of ether oxygens (including phenoxy) is 1. The van der Waals surface area contributed by atoms with E-state index in [0.29, 0.717) is 16.5 Å².